The van der Waals surface area contributed by atoms with Gasteiger partial charge in [-0.2, -0.15) is 0 Å². The van der Waals surface area contributed by atoms with Crippen LogP contribution >= 0.6 is 0 Å². The first-order chi connectivity index (χ1) is 11.7. The molecule has 0 spiro atoms. The molecule has 1 fully saturated rings. The number of fused-ring (bicyclic) bond motifs is 1. The fourth-order valence-electron chi connectivity index (χ4n) is 3.17. The van der Waals surface area contributed by atoms with E-state index in [0.29, 0.717) is 5.69 Å². The van der Waals surface area contributed by atoms with Crippen LogP contribution in [0.4, 0.5) is 0 Å². The van der Waals surface area contributed by atoms with E-state index in [0.717, 1.165) is 36.6 Å². The third-order valence-electron chi connectivity index (χ3n) is 4.53. The molecule has 6 nitrogen and oxygen atoms in total. The molecule has 1 aromatic carbocycles. The van der Waals surface area contributed by atoms with E-state index in [1.165, 1.54) is 6.42 Å². The largest absolute Gasteiger partial charge is 0.394 e. The first-order valence-electron chi connectivity index (χ1n) is 8.47. The smallest absolute Gasteiger partial charge is 0.268 e. The highest BCUT2D eigenvalue weighted by Gasteiger charge is 2.24. The Labute approximate surface area is 140 Å². The number of H-pyrrole nitrogens is 1. The van der Waals surface area contributed by atoms with Gasteiger partial charge in [0.2, 0.25) is 5.91 Å². The molecule has 6 heteroatoms. The Hall–Kier alpha value is -2.34. The number of hydrogen-bond acceptors (Lipinski definition) is 3. The molecule has 0 aliphatic heterocycles. The van der Waals surface area contributed by atoms with Gasteiger partial charge in [-0.15, -0.1) is 0 Å². The number of rotatable bonds is 5. The fraction of sp³-hybridized carbons (Fsp3) is 0.444. The predicted octanol–water partition coefficient (Wildman–Crippen LogP) is 1.71. The Bertz CT molecular complexity index is 686. The van der Waals surface area contributed by atoms with Crippen molar-refractivity contribution in [1.29, 1.82) is 0 Å². The standard InChI is InChI=1S/C18H23N3O3/c22-11-16(18(24)19-13-7-2-1-3-8-13)21-17(23)15-10-12-6-4-5-9-14(12)20-15/h4-6,9-10,13,16,20,22H,1-3,7-8,11H2,(H,19,24)(H,21,23). The number of aromatic nitrogens is 1. The third kappa shape index (κ3) is 3.76. The molecule has 3 rings (SSSR count). The highest BCUT2D eigenvalue weighted by molar-refractivity contribution is 6.00. The molecule has 1 aromatic heterocycles. The molecule has 1 saturated carbocycles. The van der Waals surface area contributed by atoms with E-state index in [1.807, 2.05) is 24.3 Å². The molecular formula is C18H23N3O3. The molecule has 4 N–H and O–H groups in total. The predicted molar refractivity (Wildman–Crippen MR) is 91.7 cm³/mol. The molecule has 1 atom stereocenters. The molecule has 0 bridgehead atoms. The summed E-state index contributed by atoms with van der Waals surface area (Å²) in [4.78, 5) is 27.7. The number of nitrogens with one attached hydrogen (secondary N) is 3. The van der Waals surface area contributed by atoms with Gasteiger partial charge in [0.25, 0.3) is 5.91 Å². The minimum Gasteiger partial charge on any atom is -0.394 e. The number of aromatic amines is 1. The first kappa shape index (κ1) is 16.5. The Balaban J connectivity index is 1.63. The molecule has 2 aromatic rings. The summed E-state index contributed by atoms with van der Waals surface area (Å²) in [6, 6.07) is 8.50. The maximum Gasteiger partial charge on any atom is 0.268 e. The Kier molecular flexibility index (Phi) is 5.15. The maximum absolute atomic E-state index is 12.3. The van der Waals surface area contributed by atoms with Crippen molar-refractivity contribution in [3.8, 4) is 0 Å². The van der Waals surface area contributed by atoms with E-state index in [-0.39, 0.29) is 11.9 Å². The van der Waals surface area contributed by atoms with E-state index in [9.17, 15) is 14.7 Å². The minimum atomic E-state index is -0.939. The molecular weight excluding hydrogens is 306 g/mol. The first-order valence-corrected chi connectivity index (χ1v) is 8.47. The fourth-order valence-corrected chi connectivity index (χ4v) is 3.17. The summed E-state index contributed by atoms with van der Waals surface area (Å²) in [6.07, 6.45) is 5.33. The maximum atomic E-state index is 12.3. The Morgan fingerprint density at radius 3 is 2.67 bits per heavy atom. The third-order valence-corrected chi connectivity index (χ3v) is 4.53. The van der Waals surface area contributed by atoms with Crippen molar-refractivity contribution in [2.45, 2.75) is 44.2 Å². The lowest BCUT2D eigenvalue weighted by Gasteiger charge is -2.25. The monoisotopic (exact) mass is 329 g/mol. The van der Waals surface area contributed by atoms with Crippen LogP contribution in [-0.4, -0.2) is 40.6 Å². The molecule has 1 aliphatic carbocycles. The van der Waals surface area contributed by atoms with Crippen LogP contribution in [0.3, 0.4) is 0 Å². The van der Waals surface area contributed by atoms with Gasteiger partial charge >= 0.3 is 0 Å². The lowest BCUT2D eigenvalue weighted by Crippen LogP contribution is -2.51. The molecule has 1 unspecified atom stereocenters. The van der Waals surface area contributed by atoms with Gasteiger partial charge < -0.3 is 20.7 Å². The topological polar surface area (TPSA) is 94.2 Å². The molecule has 128 valence electrons. The number of hydrogen-bond donors (Lipinski definition) is 4. The van der Waals surface area contributed by atoms with Crippen LogP contribution in [-0.2, 0) is 4.79 Å². The molecule has 1 aliphatic rings. The molecule has 1 heterocycles. The van der Waals surface area contributed by atoms with Gasteiger partial charge in [-0.25, -0.2) is 0 Å². The normalized spacial score (nSPS) is 16.7. The lowest BCUT2D eigenvalue weighted by molar-refractivity contribution is -0.124. The number of carbonyl (C=O) groups excluding carboxylic acids is 2. The lowest BCUT2D eigenvalue weighted by atomic mass is 9.95. The van der Waals surface area contributed by atoms with Crippen LogP contribution in [0.25, 0.3) is 10.9 Å². The average Bonchev–Trinajstić information content (AvgIpc) is 3.04. The average molecular weight is 329 g/mol. The van der Waals surface area contributed by atoms with Crippen LogP contribution in [0.15, 0.2) is 30.3 Å². The zero-order valence-corrected chi connectivity index (χ0v) is 13.5. The van der Waals surface area contributed by atoms with E-state index >= 15 is 0 Å². The van der Waals surface area contributed by atoms with Crippen molar-refractivity contribution in [1.82, 2.24) is 15.6 Å². The Morgan fingerprint density at radius 2 is 1.96 bits per heavy atom. The van der Waals surface area contributed by atoms with E-state index in [1.54, 1.807) is 6.07 Å². The number of aliphatic hydroxyl groups excluding tert-OH is 1. The number of para-hydroxylation sites is 1. The summed E-state index contributed by atoms with van der Waals surface area (Å²) in [5.41, 5.74) is 1.23. The van der Waals surface area contributed by atoms with Crippen LogP contribution in [0.1, 0.15) is 42.6 Å². The van der Waals surface area contributed by atoms with Crippen LogP contribution in [0, 0.1) is 0 Å². The second-order valence-electron chi connectivity index (χ2n) is 6.32. The van der Waals surface area contributed by atoms with Gasteiger partial charge in [0.15, 0.2) is 0 Å². The molecule has 0 radical (unpaired) electrons. The summed E-state index contributed by atoms with van der Waals surface area (Å²) < 4.78 is 0. The highest BCUT2D eigenvalue weighted by Crippen LogP contribution is 2.17. The van der Waals surface area contributed by atoms with Crippen molar-refractivity contribution in [3.05, 3.63) is 36.0 Å². The van der Waals surface area contributed by atoms with E-state index in [2.05, 4.69) is 15.6 Å². The molecule has 2 amide bonds. The van der Waals surface area contributed by atoms with Crippen molar-refractivity contribution in [2.75, 3.05) is 6.61 Å². The van der Waals surface area contributed by atoms with Gasteiger partial charge in [0.1, 0.15) is 11.7 Å². The minimum absolute atomic E-state index is 0.144. The molecule has 0 saturated heterocycles. The summed E-state index contributed by atoms with van der Waals surface area (Å²) in [5, 5.41) is 15.9. The van der Waals surface area contributed by atoms with Gasteiger partial charge in [-0.05, 0) is 25.0 Å². The van der Waals surface area contributed by atoms with Gasteiger partial charge in [-0.1, -0.05) is 37.5 Å². The Morgan fingerprint density at radius 1 is 1.21 bits per heavy atom. The zero-order chi connectivity index (χ0) is 16.9. The summed E-state index contributed by atoms with van der Waals surface area (Å²) in [7, 11) is 0. The summed E-state index contributed by atoms with van der Waals surface area (Å²) in [5.74, 6) is -0.724. The van der Waals surface area contributed by atoms with Gasteiger partial charge in [-0.3, -0.25) is 9.59 Å². The second-order valence-corrected chi connectivity index (χ2v) is 6.32. The number of carbonyl (C=O) groups is 2. The number of amides is 2. The zero-order valence-electron chi connectivity index (χ0n) is 13.5. The van der Waals surface area contributed by atoms with Crippen molar-refractivity contribution >= 4 is 22.7 Å². The number of benzene rings is 1. The summed E-state index contributed by atoms with van der Waals surface area (Å²) in [6.45, 7) is -0.426. The van der Waals surface area contributed by atoms with Crippen molar-refractivity contribution < 1.29 is 14.7 Å². The molecule has 24 heavy (non-hydrogen) atoms. The van der Waals surface area contributed by atoms with Crippen LogP contribution < -0.4 is 10.6 Å². The van der Waals surface area contributed by atoms with Crippen LogP contribution in [0.5, 0.6) is 0 Å². The van der Waals surface area contributed by atoms with Gasteiger partial charge in [0.05, 0.1) is 6.61 Å². The van der Waals surface area contributed by atoms with E-state index in [4.69, 9.17) is 0 Å². The van der Waals surface area contributed by atoms with Crippen LogP contribution in [0.2, 0.25) is 0 Å². The van der Waals surface area contributed by atoms with Crippen molar-refractivity contribution in [2.24, 2.45) is 0 Å². The number of aliphatic hydroxyl groups is 1. The van der Waals surface area contributed by atoms with Gasteiger partial charge in [0, 0.05) is 16.9 Å². The SMILES string of the molecule is O=C(NC(CO)C(=O)NC1CCCCC1)c1cc2ccccc2[nH]1. The van der Waals surface area contributed by atoms with Crippen molar-refractivity contribution in [3.63, 3.8) is 0 Å². The quantitative estimate of drug-likeness (QED) is 0.672. The second kappa shape index (κ2) is 7.49. The highest BCUT2D eigenvalue weighted by atomic mass is 16.3. The summed E-state index contributed by atoms with van der Waals surface area (Å²) >= 11 is 0. The van der Waals surface area contributed by atoms with E-state index < -0.39 is 18.6 Å².